The molecule has 0 aliphatic heterocycles. The summed E-state index contributed by atoms with van der Waals surface area (Å²) in [4.78, 5) is 22.3. The van der Waals surface area contributed by atoms with Gasteiger partial charge in [0.2, 0.25) is 0 Å². The van der Waals surface area contributed by atoms with Crippen LogP contribution in [0.3, 0.4) is 0 Å². The lowest BCUT2D eigenvalue weighted by molar-refractivity contribution is -0.383. The summed E-state index contributed by atoms with van der Waals surface area (Å²) in [7, 11) is 0. The van der Waals surface area contributed by atoms with Crippen molar-refractivity contribution >= 4 is 44.8 Å². The van der Waals surface area contributed by atoms with Crippen molar-refractivity contribution in [2.45, 2.75) is 0 Å². The van der Waals surface area contributed by atoms with Gasteiger partial charge in [-0.2, -0.15) is 0 Å². The predicted molar refractivity (Wildman–Crippen MR) is 80.2 cm³/mol. The molecule has 2 aromatic rings. The van der Waals surface area contributed by atoms with Gasteiger partial charge >= 0.3 is 0 Å². The summed E-state index contributed by atoms with van der Waals surface area (Å²) in [6.45, 7) is 0. The van der Waals surface area contributed by atoms with Crippen molar-refractivity contribution in [2.24, 2.45) is 0 Å². The molecule has 108 valence electrons. The van der Waals surface area contributed by atoms with Crippen LogP contribution in [0.15, 0.2) is 40.9 Å². The number of amides is 1. The largest absolute Gasteiger partial charge is 0.316 e. The maximum absolute atomic E-state index is 13.7. The number of carbonyl (C=O) groups excluding carboxylic acids is 1. The van der Waals surface area contributed by atoms with Crippen LogP contribution in [0.4, 0.5) is 15.8 Å². The summed E-state index contributed by atoms with van der Waals surface area (Å²) < 4.78 is 13.9. The highest BCUT2D eigenvalue weighted by Crippen LogP contribution is 2.29. The van der Waals surface area contributed by atoms with E-state index in [1.54, 1.807) is 0 Å². The minimum absolute atomic E-state index is 0.0652. The number of nitro benzene ring substituents is 1. The van der Waals surface area contributed by atoms with Crippen molar-refractivity contribution in [2.75, 3.05) is 5.32 Å². The molecule has 0 radical (unpaired) electrons. The quantitative estimate of drug-likeness (QED) is 0.640. The zero-order valence-corrected chi connectivity index (χ0v) is 12.6. The van der Waals surface area contributed by atoms with Gasteiger partial charge in [0.15, 0.2) is 0 Å². The summed E-state index contributed by atoms with van der Waals surface area (Å²) in [5.74, 6) is -1.54. The molecule has 0 aromatic heterocycles. The molecule has 2 aromatic carbocycles. The highest BCUT2D eigenvalue weighted by Gasteiger charge is 2.20. The number of hydrogen-bond donors (Lipinski definition) is 1. The van der Waals surface area contributed by atoms with Crippen LogP contribution in [-0.4, -0.2) is 10.8 Å². The Labute approximate surface area is 132 Å². The molecule has 21 heavy (non-hydrogen) atoms. The SMILES string of the molecule is O=C(Nc1ccc(Cl)cc1[N+](=O)[O-])c1c(F)cccc1Br. The van der Waals surface area contributed by atoms with E-state index in [2.05, 4.69) is 21.2 Å². The fraction of sp³-hybridized carbons (Fsp3) is 0. The van der Waals surface area contributed by atoms with Crippen molar-refractivity contribution in [3.8, 4) is 0 Å². The van der Waals surface area contributed by atoms with E-state index in [-0.39, 0.29) is 26.4 Å². The van der Waals surface area contributed by atoms with Crippen LogP contribution in [0.5, 0.6) is 0 Å². The average Bonchev–Trinajstić information content (AvgIpc) is 2.40. The molecule has 0 aliphatic rings. The van der Waals surface area contributed by atoms with E-state index in [4.69, 9.17) is 11.6 Å². The second-order valence-electron chi connectivity index (χ2n) is 3.97. The molecule has 0 heterocycles. The first-order valence-electron chi connectivity index (χ1n) is 5.59. The molecular formula is C13H7BrClFN2O3. The second-order valence-corrected chi connectivity index (χ2v) is 5.26. The molecule has 0 fully saturated rings. The summed E-state index contributed by atoms with van der Waals surface area (Å²) >= 11 is 8.74. The predicted octanol–water partition coefficient (Wildman–Crippen LogP) is 4.40. The third-order valence-electron chi connectivity index (χ3n) is 2.59. The van der Waals surface area contributed by atoms with Gasteiger partial charge in [0.1, 0.15) is 11.5 Å². The van der Waals surface area contributed by atoms with E-state index >= 15 is 0 Å². The number of nitrogens with one attached hydrogen (secondary N) is 1. The van der Waals surface area contributed by atoms with Crippen LogP contribution >= 0.6 is 27.5 Å². The third-order valence-corrected chi connectivity index (χ3v) is 3.49. The van der Waals surface area contributed by atoms with Gasteiger partial charge in [0.05, 0.1) is 10.5 Å². The Morgan fingerprint density at radius 3 is 2.67 bits per heavy atom. The van der Waals surface area contributed by atoms with Crippen molar-refractivity contribution in [1.29, 1.82) is 0 Å². The molecule has 0 unspecified atom stereocenters. The number of nitro groups is 1. The Morgan fingerprint density at radius 1 is 1.33 bits per heavy atom. The maximum Gasteiger partial charge on any atom is 0.294 e. The zero-order valence-electron chi connectivity index (χ0n) is 10.3. The number of rotatable bonds is 3. The Bertz CT molecular complexity index is 719. The minimum atomic E-state index is -0.801. The van der Waals surface area contributed by atoms with E-state index in [0.717, 1.165) is 12.1 Å². The Hall–Kier alpha value is -1.99. The first kappa shape index (κ1) is 15.4. The van der Waals surface area contributed by atoms with Crippen LogP contribution < -0.4 is 5.32 Å². The van der Waals surface area contributed by atoms with E-state index in [0.29, 0.717) is 0 Å². The molecule has 2 rings (SSSR count). The van der Waals surface area contributed by atoms with Crippen molar-refractivity contribution < 1.29 is 14.1 Å². The fourth-order valence-corrected chi connectivity index (χ4v) is 2.35. The molecule has 8 heteroatoms. The highest BCUT2D eigenvalue weighted by molar-refractivity contribution is 9.10. The average molecular weight is 374 g/mol. The molecule has 0 saturated carbocycles. The van der Waals surface area contributed by atoms with Gasteiger partial charge in [-0.3, -0.25) is 14.9 Å². The number of halogens is 3. The van der Waals surface area contributed by atoms with Gasteiger partial charge in [0, 0.05) is 15.6 Å². The number of anilines is 1. The molecule has 0 spiro atoms. The molecule has 1 N–H and O–H groups in total. The first-order chi connectivity index (χ1) is 9.90. The molecule has 5 nitrogen and oxygen atoms in total. The lowest BCUT2D eigenvalue weighted by Gasteiger charge is -2.08. The second kappa shape index (κ2) is 6.19. The van der Waals surface area contributed by atoms with Crippen LogP contribution in [0, 0.1) is 15.9 Å². The number of carbonyl (C=O) groups is 1. The van der Waals surface area contributed by atoms with Crippen molar-refractivity contribution in [1.82, 2.24) is 0 Å². The van der Waals surface area contributed by atoms with E-state index in [9.17, 15) is 19.3 Å². The standard InChI is InChI=1S/C13H7BrClFN2O3/c14-8-2-1-3-9(16)12(8)13(19)17-10-5-4-7(15)6-11(10)18(20)21/h1-6H,(H,17,19). The van der Waals surface area contributed by atoms with Crippen LogP contribution in [0.2, 0.25) is 5.02 Å². The molecule has 0 aliphatic carbocycles. The lowest BCUT2D eigenvalue weighted by Crippen LogP contribution is -2.15. The van der Waals surface area contributed by atoms with Crippen molar-refractivity contribution in [3.05, 3.63) is 67.4 Å². The van der Waals surface area contributed by atoms with Gasteiger partial charge in [-0.25, -0.2) is 4.39 Å². The lowest BCUT2D eigenvalue weighted by atomic mass is 10.2. The fourth-order valence-electron chi connectivity index (χ4n) is 1.66. The number of benzene rings is 2. The Morgan fingerprint density at radius 2 is 2.05 bits per heavy atom. The normalized spacial score (nSPS) is 10.2. The zero-order chi connectivity index (χ0) is 15.6. The monoisotopic (exact) mass is 372 g/mol. The minimum Gasteiger partial charge on any atom is -0.316 e. The van der Waals surface area contributed by atoms with E-state index < -0.39 is 16.6 Å². The van der Waals surface area contributed by atoms with E-state index in [1.807, 2.05) is 0 Å². The van der Waals surface area contributed by atoms with Gasteiger partial charge in [-0.1, -0.05) is 17.7 Å². The molecule has 0 atom stereocenters. The maximum atomic E-state index is 13.7. The van der Waals surface area contributed by atoms with Crippen LogP contribution in [0.25, 0.3) is 0 Å². The topological polar surface area (TPSA) is 72.2 Å². The van der Waals surface area contributed by atoms with Gasteiger partial charge in [-0.05, 0) is 40.2 Å². The van der Waals surface area contributed by atoms with E-state index in [1.165, 1.54) is 24.3 Å². The summed E-state index contributed by atoms with van der Waals surface area (Å²) in [6.07, 6.45) is 0. The Balaban J connectivity index is 2.39. The van der Waals surface area contributed by atoms with Crippen LogP contribution in [0.1, 0.15) is 10.4 Å². The number of nitrogens with zero attached hydrogens (tertiary/aromatic N) is 1. The van der Waals surface area contributed by atoms with Gasteiger partial charge in [0.25, 0.3) is 11.6 Å². The molecule has 1 amide bonds. The molecule has 0 bridgehead atoms. The summed E-state index contributed by atoms with van der Waals surface area (Å²) in [5, 5.41) is 13.4. The van der Waals surface area contributed by atoms with Crippen LogP contribution in [-0.2, 0) is 0 Å². The summed E-state index contributed by atoms with van der Waals surface area (Å²) in [5.41, 5.74) is -0.672. The first-order valence-corrected chi connectivity index (χ1v) is 6.76. The van der Waals surface area contributed by atoms with Crippen molar-refractivity contribution in [3.63, 3.8) is 0 Å². The molecule has 0 saturated heterocycles. The number of hydrogen-bond acceptors (Lipinski definition) is 3. The third kappa shape index (κ3) is 3.37. The molecular weight excluding hydrogens is 367 g/mol. The highest BCUT2D eigenvalue weighted by atomic mass is 79.9. The summed E-state index contributed by atoms with van der Waals surface area (Å²) in [6, 6.07) is 7.83. The smallest absolute Gasteiger partial charge is 0.294 e. The Kier molecular flexibility index (Phi) is 4.54. The van der Waals surface area contributed by atoms with Gasteiger partial charge in [-0.15, -0.1) is 0 Å². The van der Waals surface area contributed by atoms with Gasteiger partial charge < -0.3 is 5.32 Å².